The van der Waals surface area contributed by atoms with Crippen LogP contribution in [0, 0.1) is 6.92 Å². The minimum absolute atomic E-state index is 0.0270. The van der Waals surface area contributed by atoms with Crippen LogP contribution in [0.15, 0.2) is 11.5 Å². The summed E-state index contributed by atoms with van der Waals surface area (Å²) in [4.78, 5) is 18.5. The van der Waals surface area contributed by atoms with Gasteiger partial charge in [0.2, 0.25) is 5.91 Å². The highest BCUT2D eigenvalue weighted by molar-refractivity contribution is 7.09. The molecule has 1 saturated heterocycles. The van der Waals surface area contributed by atoms with Gasteiger partial charge in [0, 0.05) is 30.1 Å². The lowest BCUT2D eigenvalue weighted by atomic mass is 9.97. The van der Waals surface area contributed by atoms with Crippen molar-refractivity contribution in [1.82, 2.24) is 9.88 Å². The molecule has 2 atom stereocenters. The largest absolute Gasteiger partial charge is 0.335 e. The Kier molecular flexibility index (Phi) is 4.71. The monoisotopic (exact) mass is 279 g/mol. The fraction of sp³-hybridized carbons (Fsp3) is 0.571. The van der Waals surface area contributed by atoms with Crippen LogP contribution < -0.4 is 5.73 Å². The maximum atomic E-state index is 12.3. The number of thiazole rings is 1. The van der Waals surface area contributed by atoms with E-state index in [2.05, 4.69) is 4.98 Å². The highest BCUT2D eigenvalue weighted by Gasteiger charge is 2.27. The molecule has 19 heavy (non-hydrogen) atoms. The van der Waals surface area contributed by atoms with E-state index in [0.29, 0.717) is 0 Å². The van der Waals surface area contributed by atoms with Crippen LogP contribution in [-0.2, 0) is 4.79 Å². The highest BCUT2D eigenvalue weighted by atomic mass is 32.1. The number of likely N-dealkylation sites (tertiary alicyclic amines) is 1. The van der Waals surface area contributed by atoms with Gasteiger partial charge in [0.15, 0.2) is 0 Å². The van der Waals surface area contributed by atoms with Gasteiger partial charge in [0.1, 0.15) is 0 Å². The molecule has 0 saturated carbocycles. The number of nitrogens with zero attached hydrogens (tertiary/aromatic N) is 2. The van der Waals surface area contributed by atoms with E-state index in [1.807, 2.05) is 24.1 Å². The smallest absolute Gasteiger partial charge is 0.246 e. The molecule has 1 aromatic rings. The Hall–Kier alpha value is -1.20. The van der Waals surface area contributed by atoms with Crippen LogP contribution in [0.1, 0.15) is 36.9 Å². The van der Waals surface area contributed by atoms with Crippen molar-refractivity contribution in [3.8, 4) is 0 Å². The number of piperidine rings is 1. The average molecular weight is 279 g/mol. The standard InChI is InChI=1S/C14H21N3OS/c1-10(15)13-5-3-4-8-17(13)14(18)7-6-12-9-19-11(2)16-12/h6-7,9-10,13H,3-5,8,15H2,1-2H3. The van der Waals surface area contributed by atoms with E-state index >= 15 is 0 Å². The van der Waals surface area contributed by atoms with Crippen LogP contribution in [-0.4, -0.2) is 34.4 Å². The minimum atomic E-state index is 0.0270. The molecule has 1 aliphatic heterocycles. The van der Waals surface area contributed by atoms with Crippen molar-refractivity contribution in [2.24, 2.45) is 5.73 Å². The second kappa shape index (κ2) is 6.30. The number of hydrogen-bond donors (Lipinski definition) is 1. The molecule has 1 aliphatic rings. The third kappa shape index (κ3) is 3.64. The number of aryl methyl sites for hydroxylation is 1. The zero-order valence-corrected chi connectivity index (χ0v) is 12.3. The van der Waals surface area contributed by atoms with Crippen LogP contribution in [0.25, 0.3) is 6.08 Å². The summed E-state index contributed by atoms with van der Waals surface area (Å²) in [5, 5.41) is 2.97. The van der Waals surface area contributed by atoms with Crippen LogP contribution in [0.5, 0.6) is 0 Å². The quantitative estimate of drug-likeness (QED) is 0.863. The predicted molar refractivity (Wildman–Crippen MR) is 78.9 cm³/mol. The number of aromatic nitrogens is 1. The molecule has 1 aromatic heterocycles. The first-order valence-electron chi connectivity index (χ1n) is 6.74. The lowest BCUT2D eigenvalue weighted by Gasteiger charge is -2.37. The van der Waals surface area contributed by atoms with Gasteiger partial charge in [0.25, 0.3) is 0 Å². The average Bonchev–Trinajstić information content (AvgIpc) is 2.81. The van der Waals surface area contributed by atoms with Crippen molar-refractivity contribution >= 4 is 23.3 Å². The molecular formula is C14H21N3OS. The molecule has 104 valence electrons. The maximum absolute atomic E-state index is 12.3. The summed E-state index contributed by atoms with van der Waals surface area (Å²) in [5.41, 5.74) is 6.83. The lowest BCUT2D eigenvalue weighted by molar-refractivity contribution is -0.129. The number of rotatable bonds is 3. The first-order chi connectivity index (χ1) is 9.08. The molecule has 4 nitrogen and oxygen atoms in total. The van der Waals surface area contributed by atoms with E-state index in [9.17, 15) is 4.79 Å². The van der Waals surface area contributed by atoms with Crippen LogP contribution in [0.4, 0.5) is 0 Å². The van der Waals surface area contributed by atoms with Crippen molar-refractivity contribution in [2.75, 3.05) is 6.54 Å². The SMILES string of the molecule is Cc1nc(C=CC(=O)N2CCCCC2C(C)N)cs1. The summed E-state index contributed by atoms with van der Waals surface area (Å²) in [6.07, 6.45) is 6.64. The van der Waals surface area contributed by atoms with Gasteiger partial charge < -0.3 is 10.6 Å². The first kappa shape index (κ1) is 14.2. The third-order valence-corrected chi connectivity index (χ3v) is 4.26. The zero-order valence-electron chi connectivity index (χ0n) is 11.5. The normalized spacial score (nSPS) is 21.8. The van der Waals surface area contributed by atoms with Gasteiger partial charge in [-0.25, -0.2) is 4.98 Å². The molecular weight excluding hydrogens is 258 g/mol. The number of carbonyl (C=O) groups excluding carboxylic acids is 1. The number of nitrogens with two attached hydrogens (primary N) is 1. The van der Waals surface area contributed by atoms with Crippen molar-refractivity contribution in [1.29, 1.82) is 0 Å². The second-order valence-corrected chi connectivity index (χ2v) is 6.14. The molecule has 5 heteroatoms. The summed E-state index contributed by atoms with van der Waals surface area (Å²) >= 11 is 1.59. The van der Waals surface area contributed by atoms with E-state index in [1.165, 1.54) is 0 Å². The number of hydrogen-bond acceptors (Lipinski definition) is 4. The summed E-state index contributed by atoms with van der Waals surface area (Å²) in [6, 6.07) is 0.197. The third-order valence-electron chi connectivity index (χ3n) is 3.47. The van der Waals surface area contributed by atoms with Gasteiger partial charge in [-0.05, 0) is 39.2 Å². The fourth-order valence-corrected chi connectivity index (χ4v) is 3.07. The minimum Gasteiger partial charge on any atom is -0.335 e. The Morgan fingerprint density at radius 3 is 3.05 bits per heavy atom. The molecule has 0 radical (unpaired) electrons. The van der Waals surface area contributed by atoms with Crippen molar-refractivity contribution in [2.45, 2.75) is 45.2 Å². The summed E-state index contributed by atoms with van der Waals surface area (Å²) in [5.74, 6) is 0.0488. The Morgan fingerprint density at radius 2 is 2.42 bits per heavy atom. The Labute approximate surface area is 118 Å². The van der Waals surface area contributed by atoms with E-state index in [1.54, 1.807) is 23.5 Å². The van der Waals surface area contributed by atoms with E-state index < -0.39 is 0 Å². The van der Waals surface area contributed by atoms with Gasteiger partial charge >= 0.3 is 0 Å². The maximum Gasteiger partial charge on any atom is 0.246 e. The fourth-order valence-electron chi connectivity index (χ4n) is 2.49. The molecule has 0 aliphatic carbocycles. The van der Waals surface area contributed by atoms with Gasteiger partial charge in [-0.1, -0.05) is 0 Å². The van der Waals surface area contributed by atoms with E-state index in [4.69, 9.17) is 5.73 Å². The first-order valence-corrected chi connectivity index (χ1v) is 7.62. The lowest BCUT2D eigenvalue weighted by Crippen LogP contribution is -2.51. The molecule has 0 spiro atoms. The second-order valence-electron chi connectivity index (χ2n) is 5.08. The molecule has 2 heterocycles. The van der Waals surface area contributed by atoms with Gasteiger partial charge in [-0.2, -0.15) is 0 Å². The van der Waals surface area contributed by atoms with Gasteiger partial charge in [-0.15, -0.1) is 11.3 Å². The number of carbonyl (C=O) groups is 1. The Morgan fingerprint density at radius 1 is 1.63 bits per heavy atom. The van der Waals surface area contributed by atoms with Crippen LogP contribution >= 0.6 is 11.3 Å². The van der Waals surface area contributed by atoms with Gasteiger partial charge in [-0.3, -0.25) is 4.79 Å². The molecule has 0 bridgehead atoms. The molecule has 1 amide bonds. The van der Waals surface area contributed by atoms with Crippen LogP contribution in [0.3, 0.4) is 0 Å². The highest BCUT2D eigenvalue weighted by Crippen LogP contribution is 2.19. The summed E-state index contributed by atoms with van der Waals surface area (Å²) in [6.45, 7) is 4.75. The van der Waals surface area contributed by atoms with Gasteiger partial charge in [0.05, 0.1) is 10.7 Å². The Balaban J connectivity index is 2.03. The molecule has 0 aromatic carbocycles. The summed E-state index contributed by atoms with van der Waals surface area (Å²) in [7, 11) is 0. The van der Waals surface area contributed by atoms with Crippen molar-refractivity contribution < 1.29 is 4.79 Å². The molecule has 1 fully saturated rings. The predicted octanol–water partition coefficient (Wildman–Crippen LogP) is 2.19. The van der Waals surface area contributed by atoms with Crippen molar-refractivity contribution in [3.05, 3.63) is 22.2 Å². The number of amides is 1. The molecule has 2 rings (SSSR count). The molecule has 2 N–H and O–H groups in total. The zero-order chi connectivity index (χ0) is 13.8. The van der Waals surface area contributed by atoms with Crippen LogP contribution in [0.2, 0.25) is 0 Å². The topological polar surface area (TPSA) is 59.2 Å². The Bertz CT molecular complexity index is 467. The van der Waals surface area contributed by atoms with E-state index in [0.717, 1.165) is 36.5 Å². The summed E-state index contributed by atoms with van der Waals surface area (Å²) < 4.78 is 0. The van der Waals surface area contributed by atoms with E-state index in [-0.39, 0.29) is 18.0 Å². The molecule has 2 unspecified atom stereocenters. The van der Waals surface area contributed by atoms with Crippen molar-refractivity contribution in [3.63, 3.8) is 0 Å².